The van der Waals surface area contributed by atoms with E-state index in [4.69, 9.17) is 9.47 Å². The average molecular weight is 373 g/mol. The van der Waals surface area contributed by atoms with Crippen molar-refractivity contribution < 1.29 is 19.4 Å². The van der Waals surface area contributed by atoms with E-state index in [9.17, 15) is 9.90 Å². The van der Waals surface area contributed by atoms with Gasteiger partial charge in [-0.3, -0.25) is 9.79 Å². The van der Waals surface area contributed by atoms with E-state index in [2.05, 4.69) is 4.99 Å². The quantitative estimate of drug-likeness (QED) is 0.497. The van der Waals surface area contributed by atoms with Crippen molar-refractivity contribution in [1.29, 1.82) is 0 Å². The number of nitrogens with zero attached hydrogens (tertiary/aromatic N) is 1. The number of hydrogen-bond acceptors (Lipinski definition) is 5. The normalized spacial score (nSPS) is 17.9. The molecule has 5 nitrogen and oxygen atoms in total. The zero-order valence-electron chi connectivity index (χ0n) is 16.7. The van der Waals surface area contributed by atoms with E-state index in [0.717, 1.165) is 48.5 Å². The molecule has 1 saturated carbocycles. The van der Waals surface area contributed by atoms with Gasteiger partial charge in [0.2, 0.25) is 0 Å². The fourth-order valence-corrected chi connectivity index (χ4v) is 3.25. The molecule has 0 spiro atoms. The van der Waals surface area contributed by atoms with Crippen LogP contribution in [0.5, 0.6) is 11.5 Å². The summed E-state index contributed by atoms with van der Waals surface area (Å²) in [5.41, 5.74) is 2.33. The molecule has 0 heterocycles. The van der Waals surface area contributed by atoms with E-state index in [1.54, 1.807) is 0 Å². The lowest BCUT2D eigenvalue weighted by Crippen LogP contribution is -2.21. The number of ketones is 1. The number of rotatable bonds is 9. The van der Waals surface area contributed by atoms with Crippen LogP contribution in [0.25, 0.3) is 0 Å². The Bertz CT molecular complexity index is 706. The van der Waals surface area contributed by atoms with Crippen LogP contribution >= 0.6 is 0 Å². The maximum absolute atomic E-state index is 12.2. The van der Waals surface area contributed by atoms with Gasteiger partial charge < -0.3 is 14.6 Å². The van der Waals surface area contributed by atoms with Gasteiger partial charge in [0.1, 0.15) is 5.76 Å². The monoisotopic (exact) mass is 373 g/mol. The van der Waals surface area contributed by atoms with E-state index in [1.165, 1.54) is 0 Å². The van der Waals surface area contributed by atoms with Crippen molar-refractivity contribution in [2.45, 2.75) is 59.3 Å². The molecule has 0 aromatic heterocycles. The SMILES string of the molecule is CCC/C(O)=C1\C(=O)CCCC1=NCCc1ccc(OCC)c(OCC)c1. The smallest absolute Gasteiger partial charge is 0.168 e. The van der Waals surface area contributed by atoms with Crippen LogP contribution < -0.4 is 9.47 Å². The summed E-state index contributed by atoms with van der Waals surface area (Å²) in [6.07, 6.45) is 4.13. The summed E-state index contributed by atoms with van der Waals surface area (Å²) in [6, 6.07) is 5.94. The second-order valence-electron chi connectivity index (χ2n) is 6.57. The zero-order valence-corrected chi connectivity index (χ0v) is 16.7. The molecule has 0 amide bonds. The van der Waals surface area contributed by atoms with Gasteiger partial charge in [0.25, 0.3) is 0 Å². The maximum Gasteiger partial charge on any atom is 0.168 e. The molecule has 0 saturated heterocycles. The summed E-state index contributed by atoms with van der Waals surface area (Å²) in [7, 11) is 0. The third kappa shape index (κ3) is 5.84. The standard InChI is InChI=1S/C22H31NO4/c1-4-8-18(24)22-17(9-7-10-19(22)25)23-14-13-16-11-12-20(26-5-2)21(15-16)27-6-3/h11-12,15,24H,4-10,13-14H2,1-3H3/b22-18+,23-17?. The second kappa shape index (κ2) is 10.8. The first-order valence-electron chi connectivity index (χ1n) is 9.98. The lowest BCUT2D eigenvalue weighted by atomic mass is 9.89. The highest BCUT2D eigenvalue weighted by Gasteiger charge is 2.24. The van der Waals surface area contributed by atoms with Crippen molar-refractivity contribution in [1.82, 2.24) is 0 Å². The van der Waals surface area contributed by atoms with Crippen molar-refractivity contribution in [2.75, 3.05) is 19.8 Å². The van der Waals surface area contributed by atoms with Crippen LogP contribution in [0.2, 0.25) is 0 Å². The Morgan fingerprint density at radius 3 is 2.56 bits per heavy atom. The Labute approximate surface area is 162 Å². The lowest BCUT2D eigenvalue weighted by molar-refractivity contribution is -0.115. The van der Waals surface area contributed by atoms with Gasteiger partial charge in [-0.15, -0.1) is 0 Å². The molecule has 0 bridgehead atoms. The van der Waals surface area contributed by atoms with Crippen LogP contribution in [0.4, 0.5) is 0 Å². The van der Waals surface area contributed by atoms with Crippen molar-refractivity contribution in [2.24, 2.45) is 4.99 Å². The molecule has 1 aromatic rings. The Hall–Kier alpha value is -2.30. The van der Waals surface area contributed by atoms with E-state index < -0.39 is 0 Å². The number of benzene rings is 1. The highest BCUT2D eigenvalue weighted by molar-refractivity contribution is 6.24. The molecule has 148 valence electrons. The predicted octanol–water partition coefficient (Wildman–Crippen LogP) is 4.83. The first kappa shape index (κ1) is 21.0. The molecule has 27 heavy (non-hydrogen) atoms. The number of hydrogen-bond donors (Lipinski definition) is 1. The van der Waals surface area contributed by atoms with Gasteiger partial charge in [-0.2, -0.15) is 0 Å². The molecule has 1 aliphatic rings. The fraction of sp³-hybridized carbons (Fsp3) is 0.545. The number of aliphatic hydroxyl groups is 1. The van der Waals surface area contributed by atoms with Gasteiger partial charge >= 0.3 is 0 Å². The predicted molar refractivity (Wildman–Crippen MR) is 108 cm³/mol. The molecule has 1 aromatic carbocycles. The van der Waals surface area contributed by atoms with Crippen molar-refractivity contribution in [3.05, 3.63) is 35.1 Å². The molecule has 2 rings (SSSR count). The number of ether oxygens (including phenoxy) is 2. The van der Waals surface area contributed by atoms with E-state index in [-0.39, 0.29) is 11.5 Å². The molecule has 0 aliphatic heterocycles. The van der Waals surface area contributed by atoms with E-state index in [0.29, 0.717) is 38.2 Å². The molecule has 0 unspecified atom stereocenters. The minimum Gasteiger partial charge on any atom is -0.511 e. The van der Waals surface area contributed by atoms with Crippen LogP contribution in [-0.4, -0.2) is 36.4 Å². The van der Waals surface area contributed by atoms with E-state index in [1.807, 2.05) is 39.0 Å². The second-order valence-corrected chi connectivity index (χ2v) is 6.57. The van der Waals surface area contributed by atoms with Crippen molar-refractivity contribution in [3.63, 3.8) is 0 Å². The summed E-state index contributed by atoms with van der Waals surface area (Å²) in [5.74, 6) is 1.71. The lowest BCUT2D eigenvalue weighted by Gasteiger charge is -2.18. The molecular formula is C22H31NO4. The summed E-state index contributed by atoms with van der Waals surface area (Å²) >= 11 is 0. The molecular weight excluding hydrogens is 342 g/mol. The summed E-state index contributed by atoms with van der Waals surface area (Å²) < 4.78 is 11.3. The molecule has 1 N–H and O–H groups in total. The van der Waals surface area contributed by atoms with Gasteiger partial charge in [0.05, 0.1) is 18.8 Å². The number of aliphatic hydroxyl groups excluding tert-OH is 1. The van der Waals surface area contributed by atoms with E-state index >= 15 is 0 Å². The van der Waals surface area contributed by atoms with Crippen molar-refractivity contribution >= 4 is 11.5 Å². The number of carbonyl (C=O) groups excluding carboxylic acids is 1. The summed E-state index contributed by atoms with van der Waals surface area (Å²) in [5, 5.41) is 10.3. The highest BCUT2D eigenvalue weighted by atomic mass is 16.5. The molecule has 1 fully saturated rings. The number of allylic oxidation sites excluding steroid dienone is 2. The Kier molecular flexibility index (Phi) is 8.37. The molecule has 0 radical (unpaired) electrons. The third-order valence-electron chi connectivity index (χ3n) is 4.47. The number of Topliss-reactive ketones (excluding diaryl/α,β-unsaturated/α-hetero) is 1. The van der Waals surface area contributed by atoms with Gasteiger partial charge in [-0.25, -0.2) is 0 Å². The maximum atomic E-state index is 12.2. The number of carbonyl (C=O) groups is 1. The Morgan fingerprint density at radius 2 is 1.85 bits per heavy atom. The van der Waals surface area contributed by atoms with Gasteiger partial charge in [-0.05, 0) is 57.2 Å². The topological polar surface area (TPSA) is 68.1 Å². The highest BCUT2D eigenvalue weighted by Crippen LogP contribution is 2.29. The molecule has 5 heteroatoms. The van der Waals surface area contributed by atoms with Crippen LogP contribution in [0.15, 0.2) is 34.5 Å². The first-order valence-corrected chi connectivity index (χ1v) is 9.98. The average Bonchev–Trinajstić information content (AvgIpc) is 2.64. The van der Waals surface area contributed by atoms with Crippen LogP contribution in [0.1, 0.15) is 58.4 Å². The van der Waals surface area contributed by atoms with Gasteiger partial charge in [0.15, 0.2) is 17.3 Å². The minimum absolute atomic E-state index is 0.0191. The Balaban J connectivity index is 2.12. The largest absolute Gasteiger partial charge is 0.511 e. The molecule has 1 aliphatic carbocycles. The first-order chi connectivity index (χ1) is 13.1. The van der Waals surface area contributed by atoms with Gasteiger partial charge in [-0.1, -0.05) is 13.0 Å². The fourth-order valence-electron chi connectivity index (χ4n) is 3.25. The minimum atomic E-state index is 0.0191. The van der Waals surface area contributed by atoms with Crippen LogP contribution in [0.3, 0.4) is 0 Å². The van der Waals surface area contributed by atoms with Crippen LogP contribution in [-0.2, 0) is 11.2 Å². The number of aliphatic imine (C=N–C) groups is 1. The Morgan fingerprint density at radius 1 is 1.11 bits per heavy atom. The van der Waals surface area contributed by atoms with Gasteiger partial charge in [0, 0.05) is 25.1 Å². The third-order valence-corrected chi connectivity index (χ3v) is 4.47. The zero-order chi connectivity index (χ0) is 19.6. The summed E-state index contributed by atoms with van der Waals surface area (Å²) in [4.78, 5) is 16.9. The van der Waals surface area contributed by atoms with Crippen LogP contribution in [0, 0.1) is 0 Å². The summed E-state index contributed by atoms with van der Waals surface area (Å²) in [6.45, 7) is 7.64. The van der Waals surface area contributed by atoms with Crippen molar-refractivity contribution in [3.8, 4) is 11.5 Å². The molecule has 0 atom stereocenters.